The molecule has 0 amide bonds. The van der Waals surface area contributed by atoms with Crippen LogP contribution in [0.4, 0.5) is 0 Å². The monoisotopic (exact) mass is 404 g/mol. The highest BCUT2D eigenvalue weighted by molar-refractivity contribution is 5.23. The fourth-order valence-corrected chi connectivity index (χ4v) is 4.33. The molecule has 164 valence electrons. The molecule has 0 saturated carbocycles. The van der Waals surface area contributed by atoms with Crippen LogP contribution in [0.3, 0.4) is 0 Å². The van der Waals surface area contributed by atoms with Gasteiger partial charge < -0.3 is 18.9 Å². The predicted molar refractivity (Wildman–Crippen MR) is 116 cm³/mol. The average molecular weight is 405 g/mol. The summed E-state index contributed by atoms with van der Waals surface area (Å²) in [5, 5.41) is 0. The molecule has 0 aromatic heterocycles. The molecule has 3 rings (SSSR count). The zero-order valence-corrected chi connectivity index (χ0v) is 19.3. The van der Waals surface area contributed by atoms with E-state index in [4.69, 9.17) is 18.9 Å². The van der Waals surface area contributed by atoms with Crippen LogP contribution in [0, 0.1) is 10.8 Å². The van der Waals surface area contributed by atoms with E-state index in [1.807, 2.05) is 0 Å². The number of hydrogen-bond donors (Lipinski definition) is 0. The quantitative estimate of drug-likeness (QED) is 0.510. The Bertz CT molecular complexity index is 648. The molecule has 0 bridgehead atoms. The molecule has 2 aliphatic rings. The van der Waals surface area contributed by atoms with E-state index in [1.165, 1.54) is 11.1 Å². The summed E-state index contributed by atoms with van der Waals surface area (Å²) in [5.74, 6) is 0. The van der Waals surface area contributed by atoms with E-state index in [1.54, 1.807) is 0 Å². The topological polar surface area (TPSA) is 36.9 Å². The van der Waals surface area contributed by atoms with Gasteiger partial charge in [-0.1, -0.05) is 38.1 Å². The lowest BCUT2D eigenvalue weighted by atomic mass is 9.78. The van der Waals surface area contributed by atoms with E-state index in [9.17, 15) is 0 Å². The van der Waals surface area contributed by atoms with Gasteiger partial charge in [0.05, 0.1) is 50.8 Å². The van der Waals surface area contributed by atoms with Crippen LogP contribution < -0.4 is 0 Å². The van der Waals surface area contributed by atoms with Gasteiger partial charge in [0.2, 0.25) is 0 Å². The zero-order chi connectivity index (χ0) is 21.2. The van der Waals surface area contributed by atoms with Gasteiger partial charge in [0.15, 0.2) is 0 Å². The second kappa shape index (κ2) is 8.66. The Labute approximate surface area is 177 Å². The molecule has 0 spiro atoms. The largest absolute Gasteiger partial charge is 0.380 e. The Morgan fingerprint density at radius 3 is 1.93 bits per heavy atom. The summed E-state index contributed by atoms with van der Waals surface area (Å²) in [6, 6.07) is 8.78. The van der Waals surface area contributed by atoms with Crippen molar-refractivity contribution in [2.75, 3.05) is 33.0 Å². The van der Waals surface area contributed by atoms with Crippen molar-refractivity contribution in [3.63, 3.8) is 0 Å². The predicted octanol–water partition coefficient (Wildman–Crippen LogP) is 5.17. The number of rotatable bonds is 11. The van der Waals surface area contributed by atoms with Crippen LogP contribution in [0.5, 0.6) is 0 Å². The van der Waals surface area contributed by atoms with Gasteiger partial charge in [0.25, 0.3) is 0 Å². The molecular formula is C25H40O4. The summed E-state index contributed by atoms with van der Waals surface area (Å²) < 4.78 is 23.3. The molecule has 29 heavy (non-hydrogen) atoms. The SMILES string of the molecule is CCC1(COC(C)(C)Cc2ccc(COC(C)(C)CC3(C)COC3)cc2)COC1. The average Bonchev–Trinajstić information content (AvgIpc) is 2.59. The van der Waals surface area contributed by atoms with Gasteiger partial charge in [-0.15, -0.1) is 0 Å². The number of ether oxygens (including phenoxy) is 4. The first kappa shape index (κ1) is 22.7. The molecule has 0 N–H and O–H groups in total. The lowest BCUT2D eigenvalue weighted by Crippen LogP contribution is -2.47. The standard InChI is InChI=1S/C25H40O4/c1-7-25(17-27-18-25)19-29-22(2,3)12-20-8-10-21(11-9-20)13-28-23(4,5)14-24(6)15-26-16-24/h8-11H,7,12-19H2,1-6H3. The van der Waals surface area contributed by atoms with E-state index in [-0.39, 0.29) is 22.0 Å². The normalized spacial score (nSPS) is 20.8. The van der Waals surface area contributed by atoms with Crippen LogP contribution in [0.15, 0.2) is 24.3 Å². The van der Waals surface area contributed by atoms with E-state index >= 15 is 0 Å². The van der Waals surface area contributed by atoms with Crippen LogP contribution in [-0.2, 0) is 32.0 Å². The third kappa shape index (κ3) is 6.27. The van der Waals surface area contributed by atoms with Gasteiger partial charge in [0, 0.05) is 17.3 Å². The lowest BCUT2D eigenvalue weighted by molar-refractivity contribution is -0.174. The Morgan fingerprint density at radius 1 is 0.862 bits per heavy atom. The van der Waals surface area contributed by atoms with E-state index in [0.717, 1.165) is 52.3 Å². The molecule has 2 heterocycles. The van der Waals surface area contributed by atoms with E-state index in [0.29, 0.717) is 6.61 Å². The first-order valence-electron chi connectivity index (χ1n) is 11.1. The molecule has 4 nitrogen and oxygen atoms in total. The summed E-state index contributed by atoms with van der Waals surface area (Å²) >= 11 is 0. The summed E-state index contributed by atoms with van der Waals surface area (Å²) in [6.07, 6.45) is 3.03. The maximum atomic E-state index is 6.30. The smallest absolute Gasteiger partial charge is 0.0724 e. The van der Waals surface area contributed by atoms with Gasteiger partial charge >= 0.3 is 0 Å². The zero-order valence-electron chi connectivity index (χ0n) is 19.3. The van der Waals surface area contributed by atoms with Crippen LogP contribution >= 0.6 is 0 Å². The highest BCUT2D eigenvalue weighted by Gasteiger charge is 2.40. The number of hydrogen-bond acceptors (Lipinski definition) is 4. The van der Waals surface area contributed by atoms with Crippen LogP contribution in [0.25, 0.3) is 0 Å². The molecule has 0 unspecified atom stereocenters. The first-order valence-corrected chi connectivity index (χ1v) is 11.1. The van der Waals surface area contributed by atoms with E-state index < -0.39 is 0 Å². The molecular weight excluding hydrogens is 364 g/mol. The number of benzene rings is 1. The highest BCUT2D eigenvalue weighted by atomic mass is 16.5. The molecule has 2 aliphatic heterocycles. The van der Waals surface area contributed by atoms with Gasteiger partial charge in [-0.3, -0.25) is 0 Å². The van der Waals surface area contributed by atoms with E-state index in [2.05, 4.69) is 65.8 Å². The van der Waals surface area contributed by atoms with Crippen molar-refractivity contribution in [3.8, 4) is 0 Å². The molecule has 0 atom stereocenters. The van der Waals surface area contributed by atoms with Crippen molar-refractivity contribution < 1.29 is 18.9 Å². The molecule has 1 aromatic rings. The van der Waals surface area contributed by atoms with Gasteiger partial charge in [-0.2, -0.15) is 0 Å². The van der Waals surface area contributed by atoms with Crippen LogP contribution in [-0.4, -0.2) is 44.2 Å². The minimum absolute atomic E-state index is 0.145. The molecule has 1 aromatic carbocycles. The van der Waals surface area contributed by atoms with Gasteiger partial charge in [-0.25, -0.2) is 0 Å². The summed E-state index contributed by atoms with van der Waals surface area (Å²) in [5.41, 5.74) is 2.68. The second-order valence-electron chi connectivity index (χ2n) is 10.9. The maximum Gasteiger partial charge on any atom is 0.0724 e. The Morgan fingerprint density at radius 2 is 1.45 bits per heavy atom. The van der Waals surface area contributed by atoms with Crippen LogP contribution in [0.1, 0.15) is 65.5 Å². The highest BCUT2D eigenvalue weighted by Crippen LogP contribution is 2.37. The van der Waals surface area contributed by atoms with Crippen LogP contribution in [0.2, 0.25) is 0 Å². The Kier molecular flexibility index (Phi) is 6.79. The van der Waals surface area contributed by atoms with Gasteiger partial charge in [0.1, 0.15) is 0 Å². The van der Waals surface area contributed by atoms with Crippen molar-refractivity contribution in [2.45, 2.75) is 78.6 Å². The summed E-state index contributed by atoms with van der Waals surface area (Å²) in [7, 11) is 0. The van der Waals surface area contributed by atoms with Crippen molar-refractivity contribution in [1.29, 1.82) is 0 Å². The van der Waals surface area contributed by atoms with Crippen molar-refractivity contribution in [2.24, 2.45) is 10.8 Å². The lowest BCUT2D eigenvalue weighted by Gasteiger charge is -2.43. The van der Waals surface area contributed by atoms with Crippen molar-refractivity contribution in [1.82, 2.24) is 0 Å². The van der Waals surface area contributed by atoms with Crippen molar-refractivity contribution in [3.05, 3.63) is 35.4 Å². The van der Waals surface area contributed by atoms with Gasteiger partial charge in [-0.05, 0) is 51.7 Å². The molecule has 4 heteroatoms. The second-order valence-corrected chi connectivity index (χ2v) is 10.9. The Hall–Kier alpha value is -0.940. The summed E-state index contributed by atoms with van der Waals surface area (Å²) in [6.45, 7) is 18.0. The molecule has 2 fully saturated rings. The Balaban J connectivity index is 1.46. The summed E-state index contributed by atoms with van der Waals surface area (Å²) in [4.78, 5) is 0. The first-order chi connectivity index (χ1) is 13.5. The fourth-order valence-electron chi connectivity index (χ4n) is 4.33. The molecule has 2 saturated heterocycles. The minimum Gasteiger partial charge on any atom is -0.380 e. The van der Waals surface area contributed by atoms with Crippen molar-refractivity contribution >= 4 is 0 Å². The third-order valence-corrected chi connectivity index (χ3v) is 6.37. The molecule has 0 aliphatic carbocycles. The fraction of sp³-hybridized carbons (Fsp3) is 0.760. The molecule has 0 radical (unpaired) electrons. The third-order valence-electron chi connectivity index (χ3n) is 6.37. The minimum atomic E-state index is -0.182. The maximum absolute atomic E-state index is 6.30.